The normalized spacial score (nSPS) is 21.7. The highest BCUT2D eigenvalue weighted by atomic mass is 16.6. The Kier molecular flexibility index (Phi) is 6.41. The number of carbonyl (C=O) groups excluding carboxylic acids is 1. The molecule has 4 heteroatoms. The molecule has 1 unspecified atom stereocenters. The number of aliphatic hydroxyl groups excluding tert-OH is 1. The standard InChI is InChI=1S/C35H36O4/c1-21-13-15-23(16-14-21)39-35(37)31-20-18-29-24-9-5-11-26-30(34(36)38-22-7-3-2-4-8-22)19-17-28(32(24)26)25-10-6-12-27(31)33(25)29/h5-6,9-12,17-23,34,36H,2-4,7-8,13-16H2,1H3. The molecule has 0 aromatic heterocycles. The Morgan fingerprint density at radius 2 is 1.28 bits per heavy atom. The molecule has 2 aliphatic rings. The third-order valence-corrected chi connectivity index (χ3v) is 9.29. The number of benzene rings is 5. The maximum Gasteiger partial charge on any atom is 0.339 e. The van der Waals surface area contributed by atoms with E-state index < -0.39 is 6.29 Å². The zero-order valence-electron chi connectivity index (χ0n) is 22.6. The van der Waals surface area contributed by atoms with Gasteiger partial charge in [-0.1, -0.05) is 80.8 Å². The molecule has 2 fully saturated rings. The van der Waals surface area contributed by atoms with Crippen molar-refractivity contribution in [2.45, 2.75) is 83.2 Å². The highest BCUT2D eigenvalue weighted by Crippen LogP contribution is 2.43. The minimum atomic E-state index is -0.950. The number of rotatable bonds is 5. The summed E-state index contributed by atoms with van der Waals surface area (Å²) < 4.78 is 12.2. The molecular formula is C35H36O4. The van der Waals surface area contributed by atoms with Gasteiger partial charge < -0.3 is 14.6 Å². The second kappa shape index (κ2) is 10.1. The predicted octanol–water partition coefficient (Wildman–Crippen LogP) is 8.81. The van der Waals surface area contributed by atoms with Crippen molar-refractivity contribution in [3.8, 4) is 0 Å². The molecule has 200 valence electrons. The van der Waals surface area contributed by atoms with Crippen molar-refractivity contribution in [3.63, 3.8) is 0 Å². The Hall–Kier alpha value is -3.21. The molecule has 39 heavy (non-hydrogen) atoms. The largest absolute Gasteiger partial charge is 0.459 e. The summed E-state index contributed by atoms with van der Waals surface area (Å²) in [6.45, 7) is 2.27. The third kappa shape index (κ3) is 4.34. The molecule has 2 saturated carbocycles. The quantitative estimate of drug-likeness (QED) is 0.109. The molecule has 0 saturated heterocycles. The van der Waals surface area contributed by atoms with E-state index in [1.54, 1.807) is 0 Å². The van der Waals surface area contributed by atoms with Crippen molar-refractivity contribution in [1.82, 2.24) is 0 Å². The Balaban J connectivity index is 1.33. The van der Waals surface area contributed by atoms with E-state index in [2.05, 4.69) is 43.3 Å². The number of carbonyl (C=O) groups is 1. The van der Waals surface area contributed by atoms with Crippen LogP contribution < -0.4 is 0 Å². The van der Waals surface area contributed by atoms with Gasteiger partial charge in [0.05, 0.1) is 11.7 Å². The van der Waals surface area contributed by atoms with Gasteiger partial charge in [-0.2, -0.15) is 0 Å². The van der Waals surface area contributed by atoms with Crippen LogP contribution >= 0.6 is 0 Å². The van der Waals surface area contributed by atoms with Crippen LogP contribution in [0.15, 0.2) is 60.7 Å². The average molecular weight is 521 g/mol. The van der Waals surface area contributed by atoms with Crippen LogP contribution in [-0.2, 0) is 9.47 Å². The van der Waals surface area contributed by atoms with Crippen LogP contribution in [0.25, 0.3) is 43.1 Å². The number of esters is 1. The lowest BCUT2D eigenvalue weighted by molar-refractivity contribution is -0.146. The van der Waals surface area contributed by atoms with Gasteiger partial charge in [0, 0.05) is 5.56 Å². The molecule has 0 aliphatic heterocycles. The van der Waals surface area contributed by atoms with E-state index in [1.807, 2.05) is 24.3 Å². The van der Waals surface area contributed by atoms with Crippen molar-refractivity contribution in [2.75, 3.05) is 0 Å². The summed E-state index contributed by atoms with van der Waals surface area (Å²) in [4.78, 5) is 13.4. The van der Waals surface area contributed by atoms with E-state index >= 15 is 0 Å². The number of fused-ring (bicyclic) bond motifs is 2. The lowest BCUT2D eigenvalue weighted by Crippen LogP contribution is -2.23. The second-order valence-corrected chi connectivity index (χ2v) is 11.9. The first-order valence-corrected chi connectivity index (χ1v) is 14.7. The van der Waals surface area contributed by atoms with Gasteiger partial charge in [-0.15, -0.1) is 0 Å². The first kappa shape index (κ1) is 24.8. The van der Waals surface area contributed by atoms with Gasteiger partial charge in [-0.25, -0.2) is 4.79 Å². The SMILES string of the molecule is CC1CCC(OC(=O)c2ccc3c4cccc5c(C(O)OC6CCCCC6)ccc(c6cccc2c36)c54)CC1. The van der Waals surface area contributed by atoms with Crippen molar-refractivity contribution in [2.24, 2.45) is 5.92 Å². The van der Waals surface area contributed by atoms with E-state index in [0.717, 1.165) is 100 Å². The van der Waals surface area contributed by atoms with Gasteiger partial charge in [-0.05, 0) is 93.6 Å². The van der Waals surface area contributed by atoms with Crippen LogP contribution in [0.5, 0.6) is 0 Å². The molecule has 5 aromatic rings. The lowest BCUT2D eigenvalue weighted by Gasteiger charge is -2.26. The topological polar surface area (TPSA) is 55.8 Å². The summed E-state index contributed by atoms with van der Waals surface area (Å²) in [6, 6.07) is 20.7. The van der Waals surface area contributed by atoms with E-state index in [9.17, 15) is 9.90 Å². The molecule has 0 spiro atoms. The summed E-state index contributed by atoms with van der Waals surface area (Å²) in [5.74, 6) is 0.490. The fourth-order valence-electron chi connectivity index (χ4n) is 7.15. The average Bonchev–Trinajstić information content (AvgIpc) is 2.97. The van der Waals surface area contributed by atoms with Crippen LogP contribution in [0.2, 0.25) is 0 Å². The third-order valence-electron chi connectivity index (χ3n) is 9.29. The van der Waals surface area contributed by atoms with Gasteiger partial charge in [0.2, 0.25) is 0 Å². The van der Waals surface area contributed by atoms with Gasteiger partial charge in [0.25, 0.3) is 0 Å². The fourth-order valence-corrected chi connectivity index (χ4v) is 7.15. The Labute approximate surface area is 229 Å². The van der Waals surface area contributed by atoms with Crippen molar-refractivity contribution in [1.29, 1.82) is 0 Å². The first-order chi connectivity index (χ1) is 19.1. The summed E-state index contributed by atoms with van der Waals surface area (Å²) in [5.41, 5.74) is 1.46. The Morgan fingerprint density at radius 3 is 2.00 bits per heavy atom. The summed E-state index contributed by atoms with van der Waals surface area (Å²) >= 11 is 0. The van der Waals surface area contributed by atoms with E-state index in [0.29, 0.717) is 11.5 Å². The Morgan fingerprint density at radius 1 is 0.692 bits per heavy atom. The highest BCUT2D eigenvalue weighted by Gasteiger charge is 2.25. The second-order valence-electron chi connectivity index (χ2n) is 11.9. The van der Waals surface area contributed by atoms with Gasteiger partial charge >= 0.3 is 5.97 Å². The van der Waals surface area contributed by atoms with E-state index in [1.165, 1.54) is 6.42 Å². The van der Waals surface area contributed by atoms with Gasteiger partial charge in [-0.3, -0.25) is 0 Å². The molecule has 4 nitrogen and oxygen atoms in total. The van der Waals surface area contributed by atoms with Crippen LogP contribution in [-0.4, -0.2) is 23.3 Å². The van der Waals surface area contributed by atoms with E-state index in [-0.39, 0.29) is 18.2 Å². The smallest absolute Gasteiger partial charge is 0.339 e. The lowest BCUT2D eigenvalue weighted by atomic mass is 9.87. The van der Waals surface area contributed by atoms with Crippen LogP contribution in [0.4, 0.5) is 0 Å². The zero-order chi connectivity index (χ0) is 26.5. The summed E-state index contributed by atoms with van der Waals surface area (Å²) in [6.07, 6.45) is 8.90. The van der Waals surface area contributed by atoms with Crippen LogP contribution in [0.1, 0.15) is 86.9 Å². The predicted molar refractivity (Wildman–Crippen MR) is 157 cm³/mol. The van der Waals surface area contributed by atoms with Crippen LogP contribution in [0, 0.1) is 5.92 Å². The Bertz CT molecular complexity index is 1640. The first-order valence-electron chi connectivity index (χ1n) is 14.7. The molecule has 7 rings (SSSR count). The van der Waals surface area contributed by atoms with Gasteiger partial charge in [0.15, 0.2) is 6.29 Å². The number of hydrogen-bond acceptors (Lipinski definition) is 4. The molecule has 0 radical (unpaired) electrons. The molecule has 1 atom stereocenters. The van der Waals surface area contributed by atoms with Crippen molar-refractivity contribution >= 4 is 49.1 Å². The van der Waals surface area contributed by atoms with Crippen molar-refractivity contribution in [3.05, 3.63) is 71.8 Å². The molecule has 1 N–H and O–H groups in total. The maximum absolute atomic E-state index is 13.4. The van der Waals surface area contributed by atoms with Crippen molar-refractivity contribution < 1.29 is 19.4 Å². The summed E-state index contributed by atoms with van der Waals surface area (Å²) in [5, 5.41) is 19.8. The summed E-state index contributed by atoms with van der Waals surface area (Å²) in [7, 11) is 0. The van der Waals surface area contributed by atoms with Gasteiger partial charge in [0.1, 0.15) is 6.10 Å². The van der Waals surface area contributed by atoms with Crippen LogP contribution in [0.3, 0.4) is 0 Å². The molecule has 0 amide bonds. The number of hydrogen-bond donors (Lipinski definition) is 1. The highest BCUT2D eigenvalue weighted by molar-refractivity contribution is 6.34. The molecular weight excluding hydrogens is 484 g/mol. The molecule has 5 aromatic carbocycles. The van der Waals surface area contributed by atoms with E-state index in [4.69, 9.17) is 9.47 Å². The monoisotopic (exact) mass is 520 g/mol. The molecule has 0 heterocycles. The number of ether oxygens (including phenoxy) is 2. The molecule has 2 aliphatic carbocycles. The minimum absolute atomic E-state index is 0.00895. The zero-order valence-corrected chi connectivity index (χ0v) is 22.6. The number of aliphatic hydroxyl groups is 1. The fraction of sp³-hybridized carbons (Fsp3) is 0.400. The maximum atomic E-state index is 13.4. The minimum Gasteiger partial charge on any atom is -0.459 e. The molecule has 0 bridgehead atoms.